The summed E-state index contributed by atoms with van der Waals surface area (Å²) in [5.74, 6) is 0.875. The van der Waals surface area contributed by atoms with Crippen molar-refractivity contribution in [1.82, 2.24) is 4.57 Å². The van der Waals surface area contributed by atoms with Crippen molar-refractivity contribution in [3.8, 4) is 17.0 Å². The molecule has 0 radical (unpaired) electrons. The molecule has 0 amide bonds. The molecule has 0 saturated heterocycles. The third-order valence-corrected chi connectivity index (χ3v) is 5.79. The van der Waals surface area contributed by atoms with Crippen LogP contribution in [0.4, 0.5) is 0 Å². The van der Waals surface area contributed by atoms with E-state index in [0.717, 1.165) is 5.75 Å². The molecule has 1 aromatic heterocycles. The van der Waals surface area contributed by atoms with Crippen molar-refractivity contribution in [3.05, 3.63) is 78.4 Å². The highest BCUT2D eigenvalue weighted by molar-refractivity contribution is 7.99. The van der Waals surface area contributed by atoms with E-state index < -0.39 is 0 Å². The van der Waals surface area contributed by atoms with Crippen molar-refractivity contribution in [2.24, 2.45) is 7.05 Å². The Morgan fingerprint density at radius 1 is 0.846 bits per heavy atom. The predicted molar refractivity (Wildman–Crippen MR) is 110 cm³/mol. The van der Waals surface area contributed by atoms with Crippen LogP contribution < -0.4 is 4.74 Å². The van der Waals surface area contributed by atoms with Gasteiger partial charge in [0.1, 0.15) is 5.75 Å². The number of nitrogens with zero attached hydrogens (tertiary/aromatic N) is 1. The van der Waals surface area contributed by atoms with Crippen molar-refractivity contribution in [3.63, 3.8) is 0 Å². The summed E-state index contributed by atoms with van der Waals surface area (Å²) in [5, 5.41) is 1.28. The number of fused-ring (bicyclic) bond motifs is 1. The number of ether oxygens (including phenoxy) is 1. The van der Waals surface area contributed by atoms with Gasteiger partial charge in [0, 0.05) is 27.7 Å². The van der Waals surface area contributed by atoms with Crippen LogP contribution in [-0.4, -0.2) is 11.7 Å². The normalized spacial score (nSPS) is 11.0. The molecule has 0 spiro atoms. The maximum absolute atomic E-state index is 5.32. The quantitative estimate of drug-likeness (QED) is 0.424. The van der Waals surface area contributed by atoms with Gasteiger partial charge in [0.2, 0.25) is 0 Å². The van der Waals surface area contributed by atoms with Gasteiger partial charge in [-0.1, -0.05) is 47.7 Å². The Balaban J connectivity index is 1.89. The first-order valence-electron chi connectivity index (χ1n) is 8.64. The molecule has 4 rings (SSSR count). The lowest BCUT2D eigenvalue weighted by Crippen LogP contribution is -1.92. The average molecular weight is 359 g/mol. The van der Waals surface area contributed by atoms with Gasteiger partial charge < -0.3 is 9.30 Å². The van der Waals surface area contributed by atoms with Crippen LogP contribution in [0, 0.1) is 6.92 Å². The summed E-state index contributed by atoms with van der Waals surface area (Å²) in [4.78, 5) is 2.54. The molecule has 3 heteroatoms. The summed E-state index contributed by atoms with van der Waals surface area (Å²) in [5.41, 5.74) is 4.95. The fraction of sp³-hybridized carbons (Fsp3) is 0.130. The topological polar surface area (TPSA) is 14.2 Å². The van der Waals surface area contributed by atoms with Gasteiger partial charge in [-0.3, -0.25) is 0 Å². The Bertz CT molecular complexity index is 1050. The zero-order valence-electron chi connectivity index (χ0n) is 15.2. The lowest BCUT2D eigenvalue weighted by atomic mass is 10.1. The number of methoxy groups -OCH3 is 1. The summed E-state index contributed by atoms with van der Waals surface area (Å²) in [6, 6.07) is 25.6. The molecule has 0 saturated carbocycles. The predicted octanol–water partition coefficient (Wildman–Crippen LogP) is 6.31. The minimum atomic E-state index is 0.875. The lowest BCUT2D eigenvalue weighted by Gasteiger charge is -2.09. The Morgan fingerprint density at radius 2 is 1.54 bits per heavy atom. The van der Waals surface area contributed by atoms with Crippen LogP contribution >= 0.6 is 11.8 Å². The second-order valence-electron chi connectivity index (χ2n) is 6.40. The first-order valence-corrected chi connectivity index (χ1v) is 9.45. The van der Waals surface area contributed by atoms with Gasteiger partial charge in [-0.15, -0.1) is 0 Å². The molecule has 0 unspecified atom stereocenters. The molecule has 0 fully saturated rings. The summed E-state index contributed by atoms with van der Waals surface area (Å²) in [7, 11) is 3.84. The summed E-state index contributed by atoms with van der Waals surface area (Å²) in [6.45, 7) is 2.12. The standard InChI is InChI=1S/C23H21NOS/c1-16-8-14-19(15-9-16)26-23-20-6-4-5-7-21(20)24(2)22(23)17-10-12-18(25-3)13-11-17/h4-15H,1-3H3. The summed E-state index contributed by atoms with van der Waals surface area (Å²) >= 11 is 1.83. The Labute approximate surface area is 158 Å². The van der Waals surface area contributed by atoms with Crippen molar-refractivity contribution in [2.75, 3.05) is 7.11 Å². The van der Waals surface area contributed by atoms with Crippen molar-refractivity contribution in [2.45, 2.75) is 16.7 Å². The number of rotatable bonds is 4. The zero-order valence-corrected chi connectivity index (χ0v) is 16.0. The fourth-order valence-corrected chi connectivity index (χ4v) is 4.40. The van der Waals surface area contributed by atoms with E-state index in [0.29, 0.717) is 0 Å². The highest BCUT2D eigenvalue weighted by atomic mass is 32.2. The van der Waals surface area contributed by atoms with Crippen LogP contribution in [0.3, 0.4) is 0 Å². The largest absolute Gasteiger partial charge is 0.497 e. The first kappa shape index (κ1) is 16.8. The molecule has 2 nitrogen and oxygen atoms in total. The molecular formula is C23H21NOS. The van der Waals surface area contributed by atoms with Crippen molar-refractivity contribution >= 4 is 22.7 Å². The highest BCUT2D eigenvalue weighted by Gasteiger charge is 2.17. The monoisotopic (exact) mass is 359 g/mol. The van der Waals surface area contributed by atoms with Gasteiger partial charge in [-0.05, 0) is 55.0 Å². The fourth-order valence-electron chi connectivity index (χ4n) is 3.26. The number of aromatic nitrogens is 1. The van der Waals surface area contributed by atoms with E-state index in [1.165, 1.54) is 37.5 Å². The third-order valence-electron chi connectivity index (χ3n) is 4.66. The van der Waals surface area contributed by atoms with Gasteiger partial charge in [0.15, 0.2) is 0 Å². The highest BCUT2D eigenvalue weighted by Crippen LogP contribution is 2.43. The molecule has 4 aromatic rings. The van der Waals surface area contributed by atoms with Crippen LogP contribution in [0.25, 0.3) is 22.2 Å². The van der Waals surface area contributed by atoms with Gasteiger partial charge in [-0.2, -0.15) is 0 Å². The van der Waals surface area contributed by atoms with Gasteiger partial charge in [0.25, 0.3) is 0 Å². The minimum Gasteiger partial charge on any atom is -0.497 e. The van der Waals surface area contributed by atoms with Crippen LogP contribution in [0.15, 0.2) is 82.6 Å². The Morgan fingerprint density at radius 3 is 2.23 bits per heavy atom. The van der Waals surface area contributed by atoms with E-state index in [-0.39, 0.29) is 0 Å². The molecule has 130 valence electrons. The number of aryl methyl sites for hydroxylation is 2. The van der Waals surface area contributed by atoms with Crippen molar-refractivity contribution in [1.29, 1.82) is 0 Å². The minimum absolute atomic E-state index is 0.875. The smallest absolute Gasteiger partial charge is 0.118 e. The van der Waals surface area contributed by atoms with E-state index >= 15 is 0 Å². The Kier molecular flexibility index (Phi) is 4.48. The summed E-state index contributed by atoms with van der Waals surface area (Å²) in [6.07, 6.45) is 0. The van der Waals surface area contributed by atoms with Gasteiger partial charge >= 0.3 is 0 Å². The van der Waals surface area contributed by atoms with E-state index in [1.807, 2.05) is 23.9 Å². The second-order valence-corrected chi connectivity index (χ2v) is 7.48. The zero-order chi connectivity index (χ0) is 18.1. The third kappa shape index (κ3) is 2.99. The van der Waals surface area contributed by atoms with Gasteiger partial charge in [-0.25, -0.2) is 0 Å². The second kappa shape index (κ2) is 6.93. The average Bonchev–Trinajstić information content (AvgIpc) is 2.96. The number of hydrogen-bond donors (Lipinski definition) is 0. The van der Waals surface area contributed by atoms with Crippen LogP contribution in [-0.2, 0) is 7.05 Å². The molecule has 0 aliphatic carbocycles. The number of hydrogen-bond acceptors (Lipinski definition) is 2. The number of benzene rings is 3. The molecule has 0 atom stereocenters. The molecule has 26 heavy (non-hydrogen) atoms. The van der Waals surface area contributed by atoms with E-state index in [4.69, 9.17) is 4.74 Å². The molecule has 0 N–H and O–H groups in total. The molecule has 0 bridgehead atoms. The molecule has 3 aromatic carbocycles. The van der Waals surface area contributed by atoms with E-state index in [1.54, 1.807) is 7.11 Å². The molecule has 0 aliphatic rings. The lowest BCUT2D eigenvalue weighted by molar-refractivity contribution is 0.415. The molecular weight excluding hydrogens is 338 g/mol. The maximum Gasteiger partial charge on any atom is 0.118 e. The van der Waals surface area contributed by atoms with E-state index in [2.05, 4.69) is 79.2 Å². The van der Waals surface area contributed by atoms with E-state index in [9.17, 15) is 0 Å². The first-order chi connectivity index (χ1) is 12.7. The van der Waals surface area contributed by atoms with Crippen LogP contribution in [0.2, 0.25) is 0 Å². The SMILES string of the molecule is COc1ccc(-c2c(Sc3ccc(C)cc3)c3ccccc3n2C)cc1. The number of para-hydroxylation sites is 1. The molecule has 1 heterocycles. The maximum atomic E-state index is 5.32. The van der Waals surface area contributed by atoms with Crippen molar-refractivity contribution < 1.29 is 4.74 Å². The van der Waals surface area contributed by atoms with Crippen LogP contribution in [0.5, 0.6) is 5.75 Å². The Hall–Kier alpha value is -2.65. The summed E-state index contributed by atoms with van der Waals surface area (Å²) < 4.78 is 7.60. The van der Waals surface area contributed by atoms with Crippen LogP contribution in [0.1, 0.15) is 5.56 Å². The van der Waals surface area contributed by atoms with Gasteiger partial charge in [0.05, 0.1) is 12.8 Å². The molecule has 0 aliphatic heterocycles.